The maximum atomic E-state index is 2.54. The van der Waals surface area contributed by atoms with Gasteiger partial charge in [0.05, 0.1) is 22.1 Å². The lowest BCUT2D eigenvalue weighted by atomic mass is 9.36. The van der Waals surface area contributed by atoms with Crippen LogP contribution in [0.3, 0.4) is 0 Å². The second-order valence-electron chi connectivity index (χ2n) is 13.7. The molecular weight excluding hydrogens is 595 g/mol. The van der Waals surface area contributed by atoms with Gasteiger partial charge >= 0.3 is 0 Å². The molecule has 7 aromatic carbocycles. The molecule has 0 atom stereocenters. The summed E-state index contributed by atoms with van der Waals surface area (Å²) in [5.41, 5.74) is 11.7. The van der Waals surface area contributed by atoms with Gasteiger partial charge in [-0.25, -0.2) is 0 Å². The van der Waals surface area contributed by atoms with E-state index >= 15 is 0 Å². The number of hydrogen-bond donors (Lipinski definition) is 0. The Labute approximate surface area is 281 Å². The van der Waals surface area contributed by atoms with Gasteiger partial charge in [0.2, 0.25) is 6.71 Å². The molecule has 0 unspecified atom stereocenters. The first-order chi connectivity index (χ1) is 23.6. The van der Waals surface area contributed by atoms with Crippen molar-refractivity contribution in [1.29, 1.82) is 0 Å². The van der Waals surface area contributed by atoms with Crippen molar-refractivity contribution in [2.75, 3.05) is 0 Å². The summed E-state index contributed by atoms with van der Waals surface area (Å²) < 4.78 is 4.94. The maximum Gasteiger partial charge on any atom is 0.240 e. The molecule has 0 saturated heterocycles. The molecule has 1 aliphatic heterocycles. The van der Waals surface area contributed by atoms with Crippen LogP contribution >= 0.6 is 0 Å². The minimum Gasteiger partial charge on any atom is -0.309 e. The number of aromatic nitrogens is 2. The molecule has 2 aromatic heterocycles. The van der Waals surface area contributed by atoms with Crippen LogP contribution in [-0.4, -0.2) is 23.9 Å². The third kappa shape index (κ3) is 3.75. The first-order valence-corrected chi connectivity index (χ1v) is 19.9. The van der Waals surface area contributed by atoms with E-state index in [0.29, 0.717) is 0 Å². The zero-order valence-electron chi connectivity index (χ0n) is 27.1. The lowest BCUT2D eigenvalue weighted by Crippen LogP contribution is -2.76. The quantitative estimate of drug-likeness (QED) is 0.179. The van der Waals surface area contributed by atoms with E-state index in [1.807, 2.05) is 0 Å². The van der Waals surface area contributed by atoms with Crippen molar-refractivity contribution in [1.82, 2.24) is 9.13 Å². The van der Waals surface area contributed by atoms with Crippen molar-refractivity contribution < 1.29 is 0 Å². The molecule has 9 aromatic rings. The molecule has 0 radical (unpaired) electrons. The van der Waals surface area contributed by atoms with Crippen LogP contribution in [0, 0.1) is 0 Å². The Morgan fingerprint density at radius 3 is 1.60 bits per heavy atom. The molecule has 4 heteroatoms. The number of fused-ring (bicyclic) bond motifs is 9. The Morgan fingerprint density at radius 2 is 0.938 bits per heavy atom. The van der Waals surface area contributed by atoms with E-state index in [9.17, 15) is 0 Å². The Balaban J connectivity index is 1.28. The molecule has 0 saturated carbocycles. The normalized spacial score (nSPS) is 13.8. The average Bonchev–Trinajstić information content (AvgIpc) is 3.65. The average molecular weight is 629 g/mol. The molecule has 48 heavy (non-hydrogen) atoms. The minimum atomic E-state index is -2.02. The summed E-state index contributed by atoms with van der Waals surface area (Å²) in [5, 5.41) is 8.27. The second-order valence-corrected chi connectivity index (χ2v) is 18.0. The van der Waals surface area contributed by atoms with Gasteiger partial charge in [0.15, 0.2) is 0 Å². The van der Waals surface area contributed by atoms with Gasteiger partial charge in [0.25, 0.3) is 0 Å². The summed E-state index contributed by atoms with van der Waals surface area (Å²) in [4.78, 5) is 0. The van der Waals surface area contributed by atoms with Crippen LogP contribution in [0.25, 0.3) is 55.0 Å². The Kier molecular flexibility index (Phi) is 5.85. The van der Waals surface area contributed by atoms with Crippen LogP contribution in [-0.2, 0) is 0 Å². The van der Waals surface area contributed by atoms with E-state index in [0.717, 1.165) is 0 Å². The van der Waals surface area contributed by atoms with Gasteiger partial charge in [0, 0.05) is 32.9 Å². The van der Waals surface area contributed by atoms with Gasteiger partial charge in [-0.15, -0.1) is 0 Å². The van der Waals surface area contributed by atoms with Crippen LogP contribution < -0.4 is 26.8 Å². The van der Waals surface area contributed by atoms with Crippen molar-refractivity contribution >= 4 is 85.2 Å². The SMILES string of the molecule is C[Si]1(C)c2ccccc2B(c2ccccc2)c2ccc(-n3c4ccccc4c4c5c6ccccc6n(-c6ccccc6)c5ccc43)cc21. The lowest BCUT2D eigenvalue weighted by molar-refractivity contribution is 1.17. The molecule has 0 fully saturated rings. The fourth-order valence-corrected chi connectivity index (χ4v) is 12.0. The molecule has 0 N–H and O–H groups in total. The summed E-state index contributed by atoms with van der Waals surface area (Å²) in [6.07, 6.45) is 0. The zero-order valence-corrected chi connectivity index (χ0v) is 28.1. The summed E-state index contributed by atoms with van der Waals surface area (Å²) in [6, 6.07) is 60.9. The van der Waals surface area contributed by atoms with E-state index in [2.05, 4.69) is 186 Å². The largest absolute Gasteiger partial charge is 0.309 e. The molecule has 10 rings (SSSR count). The van der Waals surface area contributed by atoms with E-state index < -0.39 is 8.07 Å². The number of nitrogens with zero attached hydrogens (tertiary/aromatic N) is 2. The first-order valence-electron chi connectivity index (χ1n) is 16.9. The zero-order chi connectivity index (χ0) is 32.0. The lowest BCUT2D eigenvalue weighted by Gasteiger charge is -2.37. The predicted octanol–water partition coefficient (Wildman–Crippen LogP) is 7.53. The first kappa shape index (κ1) is 27.5. The highest BCUT2D eigenvalue weighted by molar-refractivity contribution is 7.13. The summed E-state index contributed by atoms with van der Waals surface area (Å²) in [7, 11) is -2.02. The van der Waals surface area contributed by atoms with Gasteiger partial charge in [0.1, 0.15) is 8.07 Å². The van der Waals surface area contributed by atoms with Crippen molar-refractivity contribution in [2.45, 2.75) is 13.1 Å². The Bertz CT molecular complexity index is 2700. The highest BCUT2D eigenvalue weighted by Crippen LogP contribution is 2.42. The van der Waals surface area contributed by atoms with E-state index in [1.165, 1.54) is 76.6 Å². The fourth-order valence-electron chi connectivity index (χ4n) is 8.76. The third-order valence-electron chi connectivity index (χ3n) is 10.8. The van der Waals surface area contributed by atoms with Crippen molar-refractivity contribution in [3.05, 3.63) is 164 Å². The Morgan fingerprint density at radius 1 is 0.417 bits per heavy atom. The van der Waals surface area contributed by atoms with Crippen molar-refractivity contribution in [3.8, 4) is 11.4 Å². The summed E-state index contributed by atoms with van der Waals surface area (Å²) in [6.45, 7) is 5.29. The monoisotopic (exact) mass is 628 g/mol. The van der Waals surface area contributed by atoms with Gasteiger partial charge in [-0.2, -0.15) is 0 Å². The highest BCUT2D eigenvalue weighted by atomic mass is 28.3. The summed E-state index contributed by atoms with van der Waals surface area (Å²) in [5.74, 6) is 0. The molecule has 0 amide bonds. The maximum absolute atomic E-state index is 2.54. The minimum absolute atomic E-state index is 0.230. The molecule has 1 aliphatic rings. The van der Waals surface area contributed by atoms with Gasteiger partial charge < -0.3 is 9.13 Å². The van der Waals surface area contributed by atoms with Crippen LogP contribution in [0.4, 0.5) is 0 Å². The highest BCUT2D eigenvalue weighted by Gasteiger charge is 2.41. The Hall–Kier alpha value is -5.58. The molecule has 2 nitrogen and oxygen atoms in total. The summed E-state index contributed by atoms with van der Waals surface area (Å²) >= 11 is 0. The molecule has 226 valence electrons. The third-order valence-corrected chi connectivity index (χ3v) is 14.4. The number of para-hydroxylation sites is 3. The van der Waals surface area contributed by atoms with Crippen molar-refractivity contribution in [3.63, 3.8) is 0 Å². The standard InChI is InChI=1S/C44H33BN2Si/c1-48(2)41-24-14-11-21-35(41)45(30-15-5-3-6-16-30)36-26-25-32(29-42(36)48)47-38-23-13-10-20-34(38)44-40(47)28-27-39-43(44)33-19-9-12-22-37(33)46(39)31-17-7-4-8-18-31/h3-29H,1-2H3. The molecule has 0 aliphatic carbocycles. The van der Waals surface area contributed by atoms with Crippen LogP contribution in [0.15, 0.2) is 164 Å². The number of benzene rings is 7. The number of hydrogen-bond acceptors (Lipinski definition) is 0. The predicted molar refractivity (Wildman–Crippen MR) is 209 cm³/mol. The second kappa shape index (κ2) is 10.2. The molecule has 0 bridgehead atoms. The van der Waals surface area contributed by atoms with Crippen LogP contribution in [0.5, 0.6) is 0 Å². The van der Waals surface area contributed by atoms with Gasteiger partial charge in [-0.3, -0.25) is 0 Å². The topological polar surface area (TPSA) is 9.86 Å². The number of rotatable bonds is 3. The molecular formula is C44H33BN2Si. The molecule has 0 spiro atoms. The van der Waals surface area contributed by atoms with Gasteiger partial charge in [-0.1, -0.05) is 155 Å². The van der Waals surface area contributed by atoms with E-state index in [-0.39, 0.29) is 6.71 Å². The van der Waals surface area contributed by atoms with E-state index in [4.69, 9.17) is 0 Å². The van der Waals surface area contributed by atoms with Gasteiger partial charge in [-0.05, 0) is 48.5 Å². The van der Waals surface area contributed by atoms with Crippen LogP contribution in [0.1, 0.15) is 0 Å². The smallest absolute Gasteiger partial charge is 0.240 e. The molecule has 3 heterocycles. The van der Waals surface area contributed by atoms with Crippen LogP contribution in [0.2, 0.25) is 13.1 Å². The van der Waals surface area contributed by atoms with Crippen molar-refractivity contribution in [2.24, 2.45) is 0 Å². The fraction of sp³-hybridized carbons (Fsp3) is 0.0455. The van der Waals surface area contributed by atoms with E-state index in [1.54, 1.807) is 5.19 Å².